The number of carbonyl (C=O) groups excluding carboxylic acids is 1. The smallest absolute Gasteiger partial charge is 0.223 e. The lowest BCUT2D eigenvalue weighted by atomic mass is 10.0. The Hall–Kier alpha value is -1.55. The summed E-state index contributed by atoms with van der Waals surface area (Å²) < 4.78 is 5.59. The van der Waals surface area contributed by atoms with Crippen LogP contribution in [-0.4, -0.2) is 19.6 Å². The van der Waals surface area contributed by atoms with E-state index in [1.54, 1.807) is 7.05 Å². The Morgan fingerprint density at radius 1 is 1.47 bits per heavy atom. The topological polar surface area (TPSA) is 64.3 Å². The third-order valence-electron chi connectivity index (χ3n) is 2.62. The van der Waals surface area contributed by atoms with Crippen LogP contribution >= 0.6 is 0 Å². The van der Waals surface area contributed by atoms with Crippen molar-refractivity contribution in [3.8, 4) is 5.75 Å². The van der Waals surface area contributed by atoms with Crippen molar-refractivity contribution in [3.05, 3.63) is 29.8 Å². The molecule has 0 radical (unpaired) electrons. The van der Waals surface area contributed by atoms with Gasteiger partial charge in [-0.1, -0.05) is 25.1 Å². The Labute approximate surface area is 102 Å². The van der Waals surface area contributed by atoms with Crippen LogP contribution < -0.4 is 15.8 Å². The van der Waals surface area contributed by atoms with Crippen molar-refractivity contribution in [1.29, 1.82) is 0 Å². The molecule has 0 aromatic heterocycles. The molecule has 0 bridgehead atoms. The summed E-state index contributed by atoms with van der Waals surface area (Å²) in [6.07, 6.45) is 1.21. The largest absolute Gasteiger partial charge is 0.493 e. The number of ether oxygens (including phenoxy) is 1. The number of carbonyl (C=O) groups is 1. The van der Waals surface area contributed by atoms with Crippen LogP contribution in [0.15, 0.2) is 24.3 Å². The van der Waals surface area contributed by atoms with Gasteiger partial charge in [-0.25, -0.2) is 0 Å². The van der Waals surface area contributed by atoms with E-state index in [0.29, 0.717) is 13.0 Å². The van der Waals surface area contributed by atoms with Gasteiger partial charge in [-0.3, -0.25) is 4.79 Å². The number of amides is 1. The molecule has 1 unspecified atom stereocenters. The van der Waals surface area contributed by atoms with Crippen molar-refractivity contribution in [3.63, 3.8) is 0 Å². The van der Waals surface area contributed by atoms with E-state index in [-0.39, 0.29) is 11.9 Å². The van der Waals surface area contributed by atoms with Crippen LogP contribution in [0.2, 0.25) is 0 Å². The number of rotatable bonds is 6. The molecule has 0 spiro atoms. The van der Waals surface area contributed by atoms with Gasteiger partial charge in [0.15, 0.2) is 0 Å². The average Bonchev–Trinajstić information content (AvgIpc) is 2.38. The van der Waals surface area contributed by atoms with E-state index in [1.165, 1.54) is 0 Å². The second kappa shape index (κ2) is 6.91. The highest BCUT2D eigenvalue weighted by Gasteiger charge is 2.09. The number of hydrogen-bond acceptors (Lipinski definition) is 3. The van der Waals surface area contributed by atoms with Crippen molar-refractivity contribution in [2.24, 2.45) is 5.73 Å². The van der Waals surface area contributed by atoms with Gasteiger partial charge in [-0.2, -0.15) is 0 Å². The van der Waals surface area contributed by atoms with Crippen LogP contribution in [-0.2, 0) is 4.79 Å². The van der Waals surface area contributed by atoms with Gasteiger partial charge in [0, 0.05) is 18.7 Å². The monoisotopic (exact) mass is 236 g/mol. The SMILES string of the molecule is CCC(N)c1ccccc1OCCC(=O)NC. The van der Waals surface area contributed by atoms with Crippen LogP contribution in [0.4, 0.5) is 0 Å². The lowest BCUT2D eigenvalue weighted by Gasteiger charge is -2.15. The Kier molecular flexibility index (Phi) is 5.49. The zero-order valence-corrected chi connectivity index (χ0v) is 10.4. The van der Waals surface area contributed by atoms with Crippen molar-refractivity contribution in [1.82, 2.24) is 5.32 Å². The number of nitrogens with one attached hydrogen (secondary N) is 1. The summed E-state index contributed by atoms with van der Waals surface area (Å²) in [6.45, 7) is 2.40. The van der Waals surface area contributed by atoms with Crippen LogP contribution in [0, 0.1) is 0 Å². The van der Waals surface area contributed by atoms with E-state index in [9.17, 15) is 4.79 Å². The van der Waals surface area contributed by atoms with Crippen LogP contribution in [0.3, 0.4) is 0 Å². The van der Waals surface area contributed by atoms with E-state index >= 15 is 0 Å². The van der Waals surface area contributed by atoms with Crippen LogP contribution in [0.1, 0.15) is 31.4 Å². The molecular formula is C13H20N2O2. The predicted molar refractivity (Wildman–Crippen MR) is 67.8 cm³/mol. The first-order valence-electron chi connectivity index (χ1n) is 5.87. The fraction of sp³-hybridized carbons (Fsp3) is 0.462. The summed E-state index contributed by atoms with van der Waals surface area (Å²) in [7, 11) is 1.61. The maximum absolute atomic E-state index is 11.1. The van der Waals surface area contributed by atoms with Crippen LogP contribution in [0.5, 0.6) is 5.75 Å². The summed E-state index contributed by atoms with van der Waals surface area (Å²) >= 11 is 0. The van der Waals surface area contributed by atoms with Gasteiger partial charge in [-0.05, 0) is 12.5 Å². The molecule has 4 nitrogen and oxygen atoms in total. The number of para-hydroxylation sites is 1. The summed E-state index contributed by atoms with van der Waals surface area (Å²) in [5.74, 6) is 0.744. The second-order valence-electron chi connectivity index (χ2n) is 3.82. The molecule has 1 aromatic carbocycles. The molecule has 1 atom stereocenters. The van der Waals surface area contributed by atoms with Gasteiger partial charge in [0.1, 0.15) is 5.75 Å². The molecule has 0 saturated heterocycles. The number of hydrogen-bond donors (Lipinski definition) is 2. The minimum absolute atomic E-state index is 0.0220. The molecule has 94 valence electrons. The van der Waals surface area contributed by atoms with E-state index in [1.807, 2.05) is 31.2 Å². The fourth-order valence-corrected chi connectivity index (χ4v) is 1.52. The Morgan fingerprint density at radius 3 is 2.82 bits per heavy atom. The van der Waals surface area contributed by atoms with Gasteiger partial charge in [0.05, 0.1) is 13.0 Å². The lowest BCUT2D eigenvalue weighted by molar-refractivity contribution is -0.121. The molecule has 0 heterocycles. The normalized spacial score (nSPS) is 11.9. The van der Waals surface area contributed by atoms with Crippen molar-refractivity contribution >= 4 is 5.91 Å². The van der Waals surface area contributed by atoms with E-state index in [4.69, 9.17) is 10.5 Å². The summed E-state index contributed by atoms with van der Waals surface area (Å²) in [5, 5.41) is 2.56. The van der Waals surface area contributed by atoms with Gasteiger partial charge < -0.3 is 15.8 Å². The Balaban J connectivity index is 2.61. The molecule has 3 N–H and O–H groups in total. The van der Waals surface area contributed by atoms with Gasteiger partial charge in [0.2, 0.25) is 5.91 Å². The Morgan fingerprint density at radius 2 is 2.18 bits per heavy atom. The third kappa shape index (κ3) is 4.07. The highest BCUT2D eigenvalue weighted by molar-refractivity contribution is 5.75. The molecule has 1 amide bonds. The predicted octanol–water partition coefficient (Wildman–Crippen LogP) is 1.61. The molecule has 0 aliphatic rings. The van der Waals surface area contributed by atoms with E-state index in [2.05, 4.69) is 5.32 Å². The van der Waals surface area contributed by atoms with Gasteiger partial charge in [-0.15, -0.1) is 0 Å². The maximum Gasteiger partial charge on any atom is 0.223 e. The highest BCUT2D eigenvalue weighted by Crippen LogP contribution is 2.25. The zero-order chi connectivity index (χ0) is 12.7. The standard InChI is InChI=1S/C13H20N2O2/c1-3-11(14)10-6-4-5-7-12(10)17-9-8-13(16)15-2/h4-7,11H,3,8-9,14H2,1-2H3,(H,15,16). The van der Waals surface area contributed by atoms with Crippen molar-refractivity contribution < 1.29 is 9.53 Å². The molecule has 0 saturated carbocycles. The minimum atomic E-state index is -0.0257. The molecule has 0 fully saturated rings. The molecule has 17 heavy (non-hydrogen) atoms. The maximum atomic E-state index is 11.1. The number of nitrogens with two attached hydrogens (primary N) is 1. The lowest BCUT2D eigenvalue weighted by Crippen LogP contribution is -2.20. The third-order valence-corrected chi connectivity index (χ3v) is 2.62. The first-order valence-corrected chi connectivity index (χ1v) is 5.87. The first kappa shape index (κ1) is 13.5. The average molecular weight is 236 g/mol. The fourth-order valence-electron chi connectivity index (χ4n) is 1.52. The zero-order valence-electron chi connectivity index (χ0n) is 10.4. The molecular weight excluding hydrogens is 216 g/mol. The molecule has 0 aliphatic heterocycles. The molecule has 0 aliphatic carbocycles. The quantitative estimate of drug-likeness (QED) is 0.788. The molecule has 1 aromatic rings. The molecule has 1 rings (SSSR count). The van der Waals surface area contributed by atoms with E-state index < -0.39 is 0 Å². The van der Waals surface area contributed by atoms with E-state index in [0.717, 1.165) is 17.7 Å². The summed E-state index contributed by atoms with van der Waals surface area (Å²) in [4.78, 5) is 11.1. The van der Waals surface area contributed by atoms with Gasteiger partial charge >= 0.3 is 0 Å². The highest BCUT2D eigenvalue weighted by atomic mass is 16.5. The number of benzene rings is 1. The molecule has 4 heteroatoms. The minimum Gasteiger partial charge on any atom is -0.493 e. The van der Waals surface area contributed by atoms with Gasteiger partial charge in [0.25, 0.3) is 0 Å². The van der Waals surface area contributed by atoms with Crippen LogP contribution in [0.25, 0.3) is 0 Å². The Bertz CT molecular complexity index is 366. The summed E-state index contributed by atoms with van der Waals surface area (Å²) in [5.41, 5.74) is 6.99. The summed E-state index contributed by atoms with van der Waals surface area (Å²) in [6, 6.07) is 7.67. The van der Waals surface area contributed by atoms with Crippen molar-refractivity contribution in [2.45, 2.75) is 25.8 Å². The van der Waals surface area contributed by atoms with Crippen molar-refractivity contribution in [2.75, 3.05) is 13.7 Å². The second-order valence-corrected chi connectivity index (χ2v) is 3.82. The first-order chi connectivity index (χ1) is 8.19.